The number of pyridine rings is 1. The van der Waals surface area contributed by atoms with Gasteiger partial charge in [-0.2, -0.15) is 0 Å². The summed E-state index contributed by atoms with van der Waals surface area (Å²) in [5.74, 6) is 0.393. The van der Waals surface area contributed by atoms with Gasteiger partial charge in [0.05, 0.1) is 16.8 Å². The highest BCUT2D eigenvalue weighted by molar-refractivity contribution is 7.99. The average molecular weight is 321 g/mol. The third kappa shape index (κ3) is 5.33. The van der Waals surface area contributed by atoms with Crippen molar-refractivity contribution < 1.29 is 9.59 Å². The Bertz CT molecular complexity index is 528. The Labute approximate surface area is 135 Å². The lowest BCUT2D eigenvalue weighted by molar-refractivity contribution is -0.128. The van der Waals surface area contributed by atoms with Gasteiger partial charge in [0.25, 0.3) is 0 Å². The first kappa shape index (κ1) is 16.8. The molecule has 1 aromatic heterocycles. The number of nitrogens with one attached hydrogen (secondary N) is 1. The number of thioether (sulfide) groups is 1. The Morgan fingerprint density at radius 1 is 1.45 bits per heavy atom. The summed E-state index contributed by atoms with van der Waals surface area (Å²) in [4.78, 5) is 30.0. The topological polar surface area (TPSA) is 62.3 Å². The lowest BCUT2D eigenvalue weighted by Gasteiger charge is -2.26. The standard InChI is InChI=1S/C16H23N3O2S/c1-16(2,3)11-19-9-12(8-15(19)21)18-13(20)10-22-14-6-4-5-7-17-14/h4-7,12H,8-11H2,1-3H3,(H,18,20)/t12-/m1/s1. The van der Waals surface area contributed by atoms with E-state index in [1.807, 2.05) is 23.1 Å². The molecule has 0 saturated carbocycles. The van der Waals surface area contributed by atoms with Gasteiger partial charge >= 0.3 is 0 Å². The average Bonchev–Trinajstić information content (AvgIpc) is 2.75. The third-order valence-electron chi connectivity index (χ3n) is 3.23. The molecule has 0 aliphatic carbocycles. The van der Waals surface area contributed by atoms with Gasteiger partial charge in [0, 0.05) is 25.7 Å². The smallest absolute Gasteiger partial charge is 0.230 e. The van der Waals surface area contributed by atoms with Crippen molar-refractivity contribution in [3.8, 4) is 0 Å². The predicted octanol–water partition coefficient (Wildman–Crippen LogP) is 1.94. The number of amides is 2. The maximum absolute atomic E-state index is 12.0. The third-order valence-corrected chi connectivity index (χ3v) is 4.18. The van der Waals surface area contributed by atoms with Crippen molar-refractivity contribution >= 4 is 23.6 Å². The molecule has 2 heterocycles. The zero-order valence-electron chi connectivity index (χ0n) is 13.3. The van der Waals surface area contributed by atoms with E-state index >= 15 is 0 Å². The van der Waals surface area contributed by atoms with Crippen LogP contribution in [0.4, 0.5) is 0 Å². The van der Waals surface area contributed by atoms with E-state index in [9.17, 15) is 9.59 Å². The first-order valence-electron chi connectivity index (χ1n) is 7.44. The van der Waals surface area contributed by atoms with Crippen molar-refractivity contribution in [2.75, 3.05) is 18.8 Å². The van der Waals surface area contributed by atoms with E-state index in [0.717, 1.165) is 11.6 Å². The number of nitrogens with zero attached hydrogens (tertiary/aromatic N) is 2. The zero-order valence-corrected chi connectivity index (χ0v) is 14.2. The maximum atomic E-state index is 12.0. The summed E-state index contributed by atoms with van der Waals surface area (Å²) >= 11 is 1.40. The molecule has 22 heavy (non-hydrogen) atoms. The molecule has 6 heteroatoms. The van der Waals surface area contributed by atoms with Crippen LogP contribution in [0.25, 0.3) is 0 Å². The van der Waals surface area contributed by atoms with Gasteiger partial charge in [0.2, 0.25) is 11.8 Å². The van der Waals surface area contributed by atoms with E-state index in [2.05, 4.69) is 31.1 Å². The van der Waals surface area contributed by atoms with Gasteiger partial charge in [-0.1, -0.05) is 38.6 Å². The largest absolute Gasteiger partial charge is 0.350 e. The first-order valence-corrected chi connectivity index (χ1v) is 8.43. The van der Waals surface area contributed by atoms with Gasteiger partial charge in [-0.15, -0.1) is 0 Å². The van der Waals surface area contributed by atoms with Crippen molar-refractivity contribution in [3.63, 3.8) is 0 Å². The SMILES string of the molecule is CC(C)(C)CN1C[C@H](NC(=O)CSc2ccccn2)CC1=O. The van der Waals surface area contributed by atoms with Crippen LogP contribution in [0.1, 0.15) is 27.2 Å². The fourth-order valence-corrected chi connectivity index (χ4v) is 3.11. The maximum Gasteiger partial charge on any atom is 0.230 e. The molecule has 0 radical (unpaired) electrons. The fraction of sp³-hybridized carbons (Fsp3) is 0.562. The van der Waals surface area contributed by atoms with Crippen LogP contribution in [0, 0.1) is 5.41 Å². The number of hydrogen-bond donors (Lipinski definition) is 1. The van der Waals surface area contributed by atoms with Crippen LogP contribution in [0.2, 0.25) is 0 Å². The quantitative estimate of drug-likeness (QED) is 0.842. The van der Waals surface area contributed by atoms with Gasteiger partial charge in [-0.25, -0.2) is 4.98 Å². The minimum atomic E-state index is -0.0771. The summed E-state index contributed by atoms with van der Waals surface area (Å²) in [5.41, 5.74) is 0.0728. The van der Waals surface area contributed by atoms with Crippen molar-refractivity contribution in [3.05, 3.63) is 24.4 Å². The van der Waals surface area contributed by atoms with Crippen molar-refractivity contribution in [2.45, 2.75) is 38.3 Å². The zero-order chi connectivity index (χ0) is 16.2. The Hall–Kier alpha value is -1.56. The number of rotatable bonds is 5. The number of carbonyl (C=O) groups is 2. The van der Waals surface area contributed by atoms with E-state index in [-0.39, 0.29) is 23.3 Å². The highest BCUT2D eigenvalue weighted by Gasteiger charge is 2.32. The van der Waals surface area contributed by atoms with Gasteiger partial charge in [-0.3, -0.25) is 9.59 Å². The molecule has 0 unspecified atom stereocenters. The Morgan fingerprint density at radius 2 is 2.23 bits per heavy atom. The molecule has 2 amide bonds. The summed E-state index contributed by atoms with van der Waals surface area (Å²) in [6, 6.07) is 5.54. The number of aromatic nitrogens is 1. The summed E-state index contributed by atoms with van der Waals surface area (Å²) in [6.45, 7) is 7.65. The normalized spacial score (nSPS) is 18.6. The fourth-order valence-electron chi connectivity index (χ4n) is 2.44. The molecule has 1 fully saturated rings. The van der Waals surface area contributed by atoms with Crippen molar-refractivity contribution in [1.82, 2.24) is 15.2 Å². The Kier molecular flexibility index (Phi) is 5.45. The summed E-state index contributed by atoms with van der Waals surface area (Å²) < 4.78 is 0. The first-order chi connectivity index (χ1) is 10.3. The summed E-state index contributed by atoms with van der Waals surface area (Å²) in [6.07, 6.45) is 2.11. The minimum absolute atomic E-state index is 0.0499. The molecule has 1 aliphatic rings. The Balaban J connectivity index is 1.77. The number of hydrogen-bond acceptors (Lipinski definition) is 4. The summed E-state index contributed by atoms with van der Waals surface area (Å²) in [7, 11) is 0. The second-order valence-electron chi connectivity index (χ2n) is 6.76. The highest BCUT2D eigenvalue weighted by atomic mass is 32.2. The van der Waals surface area contributed by atoms with Gasteiger partial charge in [0.1, 0.15) is 0 Å². The van der Waals surface area contributed by atoms with E-state index in [1.54, 1.807) is 6.20 Å². The van der Waals surface area contributed by atoms with Crippen molar-refractivity contribution in [2.24, 2.45) is 5.41 Å². The molecular weight excluding hydrogens is 298 g/mol. The van der Waals surface area contributed by atoms with Crippen molar-refractivity contribution in [1.29, 1.82) is 0 Å². The van der Waals surface area contributed by atoms with Crippen LogP contribution in [0.3, 0.4) is 0 Å². The molecular formula is C16H23N3O2S. The lowest BCUT2D eigenvalue weighted by atomic mass is 9.96. The highest BCUT2D eigenvalue weighted by Crippen LogP contribution is 2.20. The van der Waals surface area contributed by atoms with E-state index in [0.29, 0.717) is 18.7 Å². The van der Waals surface area contributed by atoms with Gasteiger partial charge in [0.15, 0.2) is 0 Å². The molecule has 1 N–H and O–H groups in total. The van der Waals surface area contributed by atoms with Gasteiger partial charge < -0.3 is 10.2 Å². The van der Waals surface area contributed by atoms with Crippen LogP contribution in [-0.2, 0) is 9.59 Å². The molecule has 0 bridgehead atoms. The van der Waals surface area contributed by atoms with Crippen LogP contribution in [0.15, 0.2) is 29.4 Å². The molecule has 1 saturated heterocycles. The van der Waals surface area contributed by atoms with Crippen LogP contribution in [-0.4, -0.2) is 46.6 Å². The molecule has 1 aliphatic heterocycles. The van der Waals surface area contributed by atoms with E-state index in [1.165, 1.54) is 11.8 Å². The predicted molar refractivity (Wildman–Crippen MR) is 87.5 cm³/mol. The van der Waals surface area contributed by atoms with Gasteiger partial charge in [-0.05, 0) is 17.5 Å². The molecule has 5 nitrogen and oxygen atoms in total. The summed E-state index contributed by atoms with van der Waals surface area (Å²) in [5, 5.41) is 3.77. The van der Waals surface area contributed by atoms with E-state index in [4.69, 9.17) is 0 Å². The molecule has 1 aromatic rings. The molecule has 120 valence electrons. The minimum Gasteiger partial charge on any atom is -0.350 e. The van der Waals surface area contributed by atoms with Crippen LogP contribution in [0.5, 0.6) is 0 Å². The number of carbonyl (C=O) groups excluding carboxylic acids is 2. The molecule has 2 rings (SSSR count). The van der Waals surface area contributed by atoms with Crippen LogP contribution >= 0.6 is 11.8 Å². The monoisotopic (exact) mass is 321 g/mol. The Morgan fingerprint density at radius 3 is 2.86 bits per heavy atom. The lowest BCUT2D eigenvalue weighted by Crippen LogP contribution is -2.39. The van der Waals surface area contributed by atoms with Crippen LogP contribution < -0.4 is 5.32 Å². The molecule has 0 spiro atoms. The number of likely N-dealkylation sites (tertiary alicyclic amines) is 1. The van der Waals surface area contributed by atoms with E-state index < -0.39 is 0 Å². The second kappa shape index (κ2) is 7.13. The second-order valence-corrected chi connectivity index (χ2v) is 7.76. The molecule has 0 aromatic carbocycles. The molecule has 1 atom stereocenters.